The molecule has 0 spiro atoms. The lowest BCUT2D eigenvalue weighted by molar-refractivity contribution is -0.132. The number of carboxylic acid groups (broad SMARTS) is 1. The summed E-state index contributed by atoms with van der Waals surface area (Å²) in [7, 11) is 0. The Bertz CT molecular complexity index is 874. The van der Waals surface area contributed by atoms with Crippen molar-refractivity contribution in [2.24, 2.45) is 0 Å². The van der Waals surface area contributed by atoms with Crippen LogP contribution in [0.1, 0.15) is 32.7 Å². The Hall–Kier alpha value is -3.22. The lowest BCUT2D eigenvalue weighted by atomic mass is 10.1. The van der Waals surface area contributed by atoms with Crippen LogP contribution >= 0.6 is 0 Å². The van der Waals surface area contributed by atoms with Crippen molar-refractivity contribution in [2.45, 2.75) is 12.8 Å². The lowest BCUT2D eigenvalue weighted by Gasteiger charge is -2.35. The van der Waals surface area contributed by atoms with Crippen molar-refractivity contribution in [3.05, 3.63) is 71.0 Å². The van der Waals surface area contributed by atoms with Gasteiger partial charge in [-0.2, -0.15) is 0 Å². The number of benzene rings is 2. The van der Waals surface area contributed by atoms with E-state index in [0.717, 1.165) is 5.56 Å². The minimum absolute atomic E-state index is 0.000153. The van der Waals surface area contributed by atoms with E-state index < -0.39 is 11.8 Å². The highest BCUT2D eigenvalue weighted by Crippen LogP contribution is 2.13. The van der Waals surface area contributed by atoms with E-state index in [2.05, 4.69) is 0 Å². The monoisotopic (exact) mass is 384 g/mol. The standard InChI is InChI=1S/C21H21FN2O4/c22-18-3-1-2-17(14-18)20(26)24-12-10-23(11-13-24)19(25)9-6-15-4-7-16(8-5-15)21(27)28/h1-5,7-8,14H,6,9-13H2,(H,27,28). The summed E-state index contributed by atoms with van der Waals surface area (Å²) in [5.74, 6) is -1.66. The molecule has 6 nitrogen and oxygen atoms in total. The molecule has 0 bridgehead atoms. The van der Waals surface area contributed by atoms with E-state index in [1.165, 1.54) is 30.3 Å². The van der Waals surface area contributed by atoms with E-state index in [9.17, 15) is 18.8 Å². The quantitative estimate of drug-likeness (QED) is 0.859. The van der Waals surface area contributed by atoms with Crippen molar-refractivity contribution < 1.29 is 23.9 Å². The van der Waals surface area contributed by atoms with Gasteiger partial charge in [0.1, 0.15) is 5.82 Å². The van der Waals surface area contributed by atoms with Gasteiger partial charge >= 0.3 is 5.97 Å². The molecule has 28 heavy (non-hydrogen) atoms. The fourth-order valence-corrected chi connectivity index (χ4v) is 3.19. The Morgan fingerprint density at radius 3 is 2.14 bits per heavy atom. The molecule has 7 heteroatoms. The molecular weight excluding hydrogens is 363 g/mol. The van der Waals surface area contributed by atoms with Crippen molar-refractivity contribution in [1.29, 1.82) is 0 Å². The van der Waals surface area contributed by atoms with Crippen LogP contribution in [-0.2, 0) is 11.2 Å². The number of aryl methyl sites for hydroxylation is 1. The molecule has 2 aromatic rings. The molecule has 2 aromatic carbocycles. The Morgan fingerprint density at radius 1 is 0.893 bits per heavy atom. The number of carbonyl (C=O) groups excluding carboxylic acids is 2. The van der Waals surface area contributed by atoms with E-state index in [1.54, 1.807) is 28.0 Å². The first-order valence-electron chi connectivity index (χ1n) is 9.09. The van der Waals surface area contributed by atoms with Gasteiger partial charge in [-0.3, -0.25) is 9.59 Å². The second-order valence-electron chi connectivity index (χ2n) is 6.69. The van der Waals surface area contributed by atoms with Crippen molar-refractivity contribution in [3.63, 3.8) is 0 Å². The van der Waals surface area contributed by atoms with Gasteiger partial charge < -0.3 is 14.9 Å². The molecule has 0 aromatic heterocycles. The molecule has 1 saturated heterocycles. The molecule has 1 aliphatic heterocycles. The minimum Gasteiger partial charge on any atom is -0.478 e. The third-order valence-corrected chi connectivity index (χ3v) is 4.82. The summed E-state index contributed by atoms with van der Waals surface area (Å²) >= 11 is 0. The van der Waals surface area contributed by atoms with Crippen LogP contribution in [0.25, 0.3) is 0 Å². The number of rotatable bonds is 5. The van der Waals surface area contributed by atoms with E-state index in [1.807, 2.05) is 0 Å². The number of hydrogen-bond acceptors (Lipinski definition) is 3. The summed E-state index contributed by atoms with van der Waals surface area (Å²) in [5.41, 5.74) is 1.43. The maximum absolute atomic E-state index is 13.3. The molecule has 3 rings (SSSR count). The van der Waals surface area contributed by atoms with E-state index >= 15 is 0 Å². The highest BCUT2D eigenvalue weighted by molar-refractivity contribution is 5.94. The molecule has 0 radical (unpaired) electrons. The summed E-state index contributed by atoms with van der Waals surface area (Å²) in [4.78, 5) is 39.1. The van der Waals surface area contributed by atoms with Crippen molar-refractivity contribution in [3.8, 4) is 0 Å². The molecular formula is C21H21FN2O4. The van der Waals surface area contributed by atoms with Crippen LogP contribution in [0, 0.1) is 5.82 Å². The molecule has 146 valence electrons. The number of aromatic carboxylic acids is 1. The Kier molecular flexibility index (Phi) is 6.03. The fraction of sp³-hybridized carbons (Fsp3) is 0.286. The number of halogens is 1. The zero-order chi connectivity index (χ0) is 20.1. The van der Waals surface area contributed by atoms with Gasteiger partial charge in [-0.15, -0.1) is 0 Å². The van der Waals surface area contributed by atoms with Gasteiger partial charge in [-0.25, -0.2) is 9.18 Å². The number of carbonyl (C=O) groups is 3. The van der Waals surface area contributed by atoms with Crippen LogP contribution < -0.4 is 0 Å². The van der Waals surface area contributed by atoms with Crippen LogP contribution in [0.5, 0.6) is 0 Å². The number of carboxylic acids is 1. The number of amides is 2. The Balaban J connectivity index is 1.48. The van der Waals surface area contributed by atoms with Crippen LogP contribution in [0.4, 0.5) is 4.39 Å². The Morgan fingerprint density at radius 2 is 1.54 bits per heavy atom. The van der Waals surface area contributed by atoms with Gasteiger partial charge in [0.25, 0.3) is 5.91 Å². The number of hydrogen-bond donors (Lipinski definition) is 1. The first kappa shape index (κ1) is 19.5. The zero-order valence-corrected chi connectivity index (χ0v) is 15.3. The van der Waals surface area contributed by atoms with Crippen molar-refractivity contribution in [2.75, 3.05) is 26.2 Å². The fourth-order valence-electron chi connectivity index (χ4n) is 3.19. The molecule has 2 amide bonds. The largest absolute Gasteiger partial charge is 0.478 e. The van der Waals surface area contributed by atoms with E-state index in [0.29, 0.717) is 44.6 Å². The van der Waals surface area contributed by atoms with Gasteiger partial charge in [0.2, 0.25) is 5.91 Å². The average molecular weight is 384 g/mol. The molecule has 0 atom stereocenters. The maximum Gasteiger partial charge on any atom is 0.335 e. The summed E-state index contributed by atoms with van der Waals surface area (Å²) in [6, 6.07) is 12.1. The topological polar surface area (TPSA) is 77.9 Å². The van der Waals surface area contributed by atoms with Gasteiger partial charge in [-0.05, 0) is 42.3 Å². The average Bonchev–Trinajstić information content (AvgIpc) is 2.72. The highest BCUT2D eigenvalue weighted by Gasteiger charge is 2.24. The third kappa shape index (κ3) is 4.73. The number of piperazine rings is 1. The molecule has 0 unspecified atom stereocenters. The number of nitrogens with zero attached hydrogens (tertiary/aromatic N) is 2. The SMILES string of the molecule is O=C(O)c1ccc(CCC(=O)N2CCN(C(=O)c3cccc(F)c3)CC2)cc1. The predicted octanol–water partition coefficient (Wildman–Crippen LogP) is 2.44. The summed E-state index contributed by atoms with van der Waals surface area (Å²) < 4.78 is 13.3. The van der Waals surface area contributed by atoms with Crippen LogP contribution in [-0.4, -0.2) is 58.9 Å². The van der Waals surface area contributed by atoms with Gasteiger partial charge in [-0.1, -0.05) is 18.2 Å². The molecule has 1 heterocycles. The second kappa shape index (κ2) is 8.65. The second-order valence-corrected chi connectivity index (χ2v) is 6.69. The first-order valence-corrected chi connectivity index (χ1v) is 9.09. The van der Waals surface area contributed by atoms with Crippen LogP contribution in [0.15, 0.2) is 48.5 Å². The van der Waals surface area contributed by atoms with Crippen molar-refractivity contribution >= 4 is 17.8 Å². The van der Waals surface area contributed by atoms with Gasteiger partial charge in [0.05, 0.1) is 5.56 Å². The lowest BCUT2D eigenvalue weighted by Crippen LogP contribution is -2.50. The molecule has 1 fully saturated rings. The summed E-state index contributed by atoms with van der Waals surface area (Å²) in [6.45, 7) is 1.71. The molecule has 0 saturated carbocycles. The van der Waals surface area contributed by atoms with E-state index in [4.69, 9.17) is 5.11 Å². The van der Waals surface area contributed by atoms with Gasteiger partial charge in [0.15, 0.2) is 0 Å². The maximum atomic E-state index is 13.3. The Labute approximate surface area is 162 Å². The molecule has 0 aliphatic carbocycles. The zero-order valence-electron chi connectivity index (χ0n) is 15.3. The van der Waals surface area contributed by atoms with Crippen LogP contribution in [0.3, 0.4) is 0 Å². The predicted molar refractivity (Wildman–Crippen MR) is 101 cm³/mol. The summed E-state index contributed by atoms with van der Waals surface area (Å²) in [6.07, 6.45) is 0.853. The third-order valence-electron chi connectivity index (χ3n) is 4.82. The van der Waals surface area contributed by atoms with Crippen molar-refractivity contribution in [1.82, 2.24) is 9.80 Å². The van der Waals surface area contributed by atoms with Crippen LogP contribution in [0.2, 0.25) is 0 Å². The summed E-state index contributed by atoms with van der Waals surface area (Å²) in [5, 5.41) is 8.90. The normalized spacial score (nSPS) is 14.0. The minimum atomic E-state index is -0.978. The van der Waals surface area contributed by atoms with Gasteiger partial charge in [0, 0.05) is 38.2 Å². The van der Waals surface area contributed by atoms with E-state index in [-0.39, 0.29) is 17.4 Å². The molecule has 1 N–H and O–H groups in total. The molecule has 1 aliphatic rings. The first-order chi connectivity index (χ1) is 13.4. The highest BCUT2D eigenvalue weighted by atomic mass is 19.1. The smallest absolute Gasteiger partial charge is 0.335 e.